The molecule has 0 saturated carbocycles. The minimum Gasteiger partial charge on any atom is -0.351 e. The number of H-pyrrole nitrogens is 2. The number of anilines is 3. The van der Waals surface area contributed by atoms with Gasteiger partial charge in [0, 0.05) is 42.9 Å². The molecular formula is C19H24N10. The predicted octanol–water partition coefficient (Wildman–Crippen LogP) is 2.45. The summed E-state index contributed by atoms with van der Waals surface area (Å²) in [5.41, 5.74) is 2.34. The largest absolute Gasteiger partial charge is 0.351 e. The first-order valence-corrected chi connectivity index (χ1v) is 10.1. The van der Waals surface area contributed by atoms with Crippen LogP contribution in [0.5, 0.6) is 0 Å². The molecule has 10 nitrogen and oxygen atoms in total. The Labute approximate surface area is 168 Å². The van der Waals surface area contributed by atoms with Gasteiger partial charge in [-0.15, -0.1) is 0 Å². The molecule has 2 fully saturated rings. The SMILES string of the molecule is Cc1cc(Nc2nc(N[C@@H]3C[C@H]4CC[C@@H](C3)N4CCC#N)nc3[nH]cnc23)n[nH]1. The van der Waals surface area contributed by atoms with Gasteiger partial charge >= 0.3 is 0 Å². The average molecular weight is 392 g/mol. The standard InChI is InChI=1S/C19H24N10/c1-11-7-15(28-27-11)24-18-16-17(22-10-21-16)25-19(26-18)23-12-8-13-3-4-14(9-12)29(13)6-2-5-20/h7,10,12-14H,2-4,6,8-9H2,1H3,(H4,21,22,23,24,25,26,27,28)/t12-,13-,14+. The van der Waals surface area contributed by atoms with Gasteiger partial charge in [0.05, 0.1) is 12.4 Å². The summed E-state index contributed by atoms with van der Waals surface area (Å²) in [5.74, 6) is 1.91. The molecule has 2 saturated heterocycles. The first-order chi connectivity index (χ1) is 14.2. The molecular weight excluding hydrogens is 368 g/mol. The maximum atomic E-state index is 8.91. The minimum absolute atomic E-state index is 0.326. The smallest absolute Gasteiger partial charge is 0.227 e. The first-order valence-electron chi connectivity index (χ1n) is 10.1. The number of imidazole rings is 1. The average Bonchev–Trinajstić information content (AvgIpc) is 3.39. The summed E-state index contributed by atoms with van der Waals surface area (Å²) >= 11 is 0. The summed E-state index contributed by atoms with van der Waals surface area (Å²) in [6.45, 7) is 2.83. The molecule has 4 N–H and O–H groups in total. The van der Waals surface area contributed by atoms with Crippen LogP contribution in [0.1, 0.15) is 37.8 Å². The summed E-state index contributed by atoms with van der Waals surface area (Å²) in [7, 11) is 0. The number of hydrogen-bond acceptors (Lipinski definition) is 8. The predicted molar refractivity (Wildman–Crippen MR) is 109 cm³/mol. The maximum Gasteiger partial charge on any atom is 0.227 e. The Hall–Kier alpha value is -3.19. The molecule has 0 unspecified atom stereocenters. The molecule has 5 rings (SSSR count). The molecule has 3 atom stereocenters. The number of aromatic amines is 2. The van der Waals surface area contributed by atoms with Gasteiger partial charge in [-0.2, -0.15) is 20.3 Å². The Balaban J connectivity index is 1.34. The molecule has 2 bridgehead atoms. The van der Waals surface area contributed by atoms with Crippen molar-refractivity contribution in [2.24, 2.45) is 0 Å². The van der Waals surface area contributed by atoms with E-state index in [1.54, 1.807) is 6.33 Å². The number of nitriles is 1. The number of piperidine rings is 1. The van der Waals surface area contributed by atoms with Crippen molar-refractivity contribution in [3.8, 4) is 6.07 Å². The molecule has 10 heteroatoms. The normalized spacial score (nSPS) is 23.9. The zero-order chi connectivity index (χ0) is 19.8. The lowest BCUT2D eigenvalue weighted by Gasteiger charge is -2.38. The Morgan fingerprint density at radius 3 is 2.83 bits per heavy atom. The molecule has 29 heavy (non-hydrogen) atoms. The summed E-state index contributed by atoms with van der Waals surface area (Å²) in [5, 5.41) is 22.8. The second kappa shape index (κ2) is 7.33. The third-order valence-electron chi connectivity index (χ3n) is 5.93. The minimum atomic E-state index is 0.326. The van der Waals surface area contributed by atoms with Crippen molar-refractivity contribution in [1.82, 2.24) is 35.0 Å². The summed E-state index contributed by atoms with van der Waals surface area (Å²) in [6, 6.07) is 5.60. The van der Waals surface area contributed by atoms with E-state index in [-0.39, 0.29) is 0 Å². The van der Waals surface area contributed by atoms with E-state index in [0.717, 1.165) is 25.1 Å². The quantitative estimate of drug-likeness (QED) is 0.502. The van der Waals surface area contributed by atoms with Gasteiger partial charge in [-0.05, 0) is 32.6 Å². The number of fused-ring (bicyclic) bond motifs is 3. The Morgan fingerprint density at radius 1 is 1.28 bits per heavy atom. The fourth-order valence-electron chi connectivity index (χ4n) is 4.71. The summed E-state index contributed by atoms with van der Waals surface area (Å²) < 4.78 is 0. The Bertz CT molecular complexity index is 1030. The molecule has 2 aliphatic heterocycles. The molecule has 5 heterocycles. The highest BCUT2D eigenvalue weighted by Crippen LogP contribution is 2.36. The molecule has 3 aromatic heterocycles. The van der Waals surface area contributed by atoms with E-state index in [0.29, 0.717) is 53.3 Å². The number of rotatable bonds is 6. The topological polar surface area (TPSA) is 134 Å². The van der Waals surface area contributed by atoms with Crippen LogP contribution in [0.4, 0.5) is 17.6 Å². The van der Waals surface area contributed by atoms with Crippen LogP contribution < -0.4 is 10.6 Å². The van der Waals surface area contributed by atoms with Crippen LogP contribution in [-0.2, 0) is 0 Å². The highest BCUT2D eigenvalue weighted by Gasteiger charge is 2.40. The van der Waals surface area contributed by atoms with Gasteiger partial charge in [-0.1, -0.05) is 0 Å². The summed E-state index contributed by atoms with van der Waals surface area (Å²) in [4.78, 5) is 19.2. The van der Waals surface area contributed by atoms with Crippen molar-refractivity contribution in [1.29, 1.82) is 5.26 Å². The number of aryl methyl sites for hydroxylation is 1. The van der Waals surface area contributed by atoms with E-state index in [1.165, 1.54) is 12.8 Å². The third kappa shape index (κ3) is 3.49. The highest BCUT2D eigenvalue weighted by atomic mass is 15.3. The fourth-order valence-corrected chi connectivity index (χ4v) is 4.71. The van der Waals surface area contributed by atoms with Crippen molar-refractivity contribution >= 4 is 28.7 Å². The monoisotopic (exact) mass is 392 g/mol. The van der Waals surface area contributed by atoms with Crippen LogP contribution in [0.25, 0.3) is 11.2 Å². The van der Waals surface area contributed by atoms with Crippen LogP contribution in [0, 0.1) is 18.3 Å². The molecule has 0 amide bonds. The highest BCUT2D eigenvalue weighted by molar-refractivity contribution is 5.85. The van der Waals surface area contributed by atoms with Gasteiger partial charge in [0.2, 0.25) is 5.95 Å². The fraction of sp³-hybridized carbons (Fsp3) is 0.526. The number of hydrogen-bond donors (Lipinski definition) is 4. The molecule has 0 spiro atoms. The summed E-state index contributed by atoms with van der Waals surface area (Å²) in [6.07, 6.45) is 6.74. The van der Waals surface area contributed by atoms with Crippen LogP contribution in [-0.4, -0.2) is 59.7 Å². The van der Waals surface area contributed by atoms with Crippen molar-refractivity contribution in [3.63, 3.8) is 0 Å². The molecule has 0 aromatic carbocycles. The van der Waals surface area contributed by atoms with Crippen LogP contribution in [0.15, 0.2) is 12.4 Å². The van der Waals surface area contributed by atoms with E-state index in [2.05, 4.69) is 51.7 Å². The lowest BCUT2D eigenvalue weighted by Crippen LogP contribution is -2.47. The van der Waals surface area contributed by atoms with Crippen LogP contribution >= 0.6 is 0 Å². The van der Waals surface area contributed by atoms with Crippen molar-refractivity contribution in [3.05, 3.63) is 18.1 Å². The Morgan fingerprint density at radius 2 is 2.10 bits per heavy atom. The van der Waals surface area contributed by atoms with E-state index in [1.807, 2.05) is 13.0 Å². The lowest BCUT2D eigenvalue weighted by molar-refractivity contribution is 0.135. The second-order valence-electron chi connectivity index (χ2n) is 7.90. The van der Waals surface area contributed by atoms with Gasteiger partial charge in [0.25, 0.3) is 0 Å². The van der Waals surface area contributed by atoms with Gasteiger partial charge in [0.15, 0.2) is 22.8 Å². The number of nitrogens with zero attached hydrogens (tertiary/aromatic N) is 6. The van der Waals surface area contributed by atoms with Crippen LogP contribution in [0.3, 0.4) is 0 Å². The Kier molecular flexibility index (Phi) is 4.52. The van der Waals surface area contributed by atoms with Crippen molar-refractivity contribution < 1.29 is 0 Å². The second-order valence-corrected chi connectivity index (χ2v) is 7.90. The van der Waals surface area contributed by atoms with E-state index >= 15 is 0 Å². The van der Waals surface area contributed by atoms with Crippen molar-refractivity contribution in [2.75, 3.05) is 17.2 Å². The number of aromatic nitrogens is 6. The molecule has 0 aliphatic carbocycles. The van der Waals surface area contributed by atoms with E-state index in [9.17, 15) is 0 Å². The molecule has 2 aliphatic rings. The van der Waals surface area contributed by atoms with Gasteiger partial charge in [-0.3, -0.25) is 10.00 Å². The number of nitrogens with one attached hydrogen (secondary N) is 4. The molecule has 3 aromatic rings. The molecule has 150 valence electrons. The van der Waals surface area contributed by atoms with Crippen molar-refractivity contribution in [2.45, 2.75) is 57.2 Å². The van der Waals surface area contributed by atoms with Gasteiger partial charge in [-0.25, -0.2) is 4.98 Å². The lowest BCUT2D eigenvalue weighted by atomic mass is 9.97. The maximum absolute atomic E-state index is 8.91. The van der Waals surface area contributed by atoms with Crippen LogP contribution in [0.2, 0.25) is 0 Å². The van der Waals surface area contributed by atoms with E-state index in [4.69, 9.17) is 5.26 Å². The molecule has 0 radical (unpaired) electrons. The zero-order valence-corrected chi connectivity index (χ0v) is 16.3. The van der Waals surface area contributed by atoms with Gasteiger partial charge < -0.3 is 15.6 Å². The first kappa shape index (κ1) is 17.9. The van der Waals surface area contributed by atoms with E-state index < -0.39 is 0 Å². The zero-order valence-electron chi connectivity index (χ0n) is 16.3. The third-order valence-corrected chi connectivity index (χ3v) is 5.93. The van der Waals surface area contributed by atoms with Gasteiger partial charge in [0.1, 0.15) is 0 Å².